The first kappa shape index (κ1) is 20.1. The number of nitrogens with zero attached hydrogens (tertiary/aromatic N) is 3. The first-order valence-electron chi connectivity index (χ1n) is 8.93. The number of rotatable bonds is 10. The third-order valence-corrected chi connectivity index (χ3v) is 4.23. The number of aryl methyl sites for hydroxylation is 1. The molecule has 2 aromatic rings. The van der Waals surface area contributed by atoms with Crippen LogP contribution in [0, 0.1) is 5.82 Å². The molecule has 0 aliphatic heterocycles. The number of likely N-dealkylation sites (N-methyl/N-ethyl adjacent to an activating group) is 1. The Labute approximate surface area is 153 Å². The van der Waals surface area contributed by atoms with Crippen molar-refractivity contribution in [3.8, 4) is 11.3 Å². The zero-order valence-electron chi connectivity index (χ0n) is 15.7. The number of halogens is 1. The van der Waals surface area contributed by atoms with Crippen molar-refractivity contribution in [2.75, 3.05) is 39.4 Å². The van der Waals surface area contributed by atoms with E-state index in [2.05, 4.69) is 29.2 Å². The molecule has 0 aliphatic rings. The van der Waals surface area contributed by atoms with Gasteiger partial charge in [-0.05, 0) is 49.0 Å². The molecule has 0 fully saturated rings. The highest BCUT2D eigenvalue weighted by Crippen LogP contribution is 2.20. The van der Waals surface area contributed by atoms with Gasteiger partial charge in [0.25, 0.3) is 5.91 Å². The van der Waals surface area contributed by atoms with Gasteiger partial charge < -0.3 is 15.0 Å². The summed E-state index contributed by atoms with van der Waals surface area (Å²) in [5, 5.41) is 7.04. The van der Waals surface area contributed by atoms with E-state index in [9.17, 15) is 9.18 Å². The van der Waals surface area contributed by atoms with Gasteiger partial charge in [-0.15, -0.1) is 0 Å². The standard InChI is InChI=1S/C19H27FN4O2/c1-4-24(5-2)11-13-26-12-10-21-19(25)17-14-18(23(3)22-17)15-6-8-16(20)9-7-15/h6-9,14H,4-5,10-13H2,1-3H3,(H,21,25). The number of carbonyl (C=O) groups excluding carboxylic acids is 1. The van der Waals surface area contributed by atoms with Crippen LogP contribution < -0.4 is 5.32 Å². The predicted octanol–water partition coefficient (Wildman–Crippen LogP) is 2.31. The lowest BCUT2D eigenvalue weighted by Gasteiger charge is -2.17. The van der Waals surface area contributed by atoms with Gasteiger partial charge in [0.05, 0.1) is 18.9 Å². The lowest BCUT2D eigenvalue weighted by Crippen LogP contribution is -2.30. The van der Waals surface area contributed by atoms with Gasteiger partial charge in [0.1, 0.15) is 5.82 Å². The highest BCUT2D eigenvalue weighted by molar-refractivity contribution is 5.93. The van der Waals surface area contributed by atoms with Crippen molar-refractivity contribution in [2.24, 2.45) is 7.05 Å². The minimum atomic E-state index is -0.296. The van der Waals surface area contributed by atoms with Crippen molar-refractivity contribution < 1.29 is 13.9 Å². The number of benzene rings is 1. The second-order valence-electron chi connectivity index (χ2n) is 5.94. The fourth-order valence-corrected chi connectivity index (χ4v) is 2.63. The van der Waals surface area contributed by atoms with E-state index >= 15 is 0 Å². The topological polar surface area (TPSA) is 59.4 Å². The van der Waals surface area contributed by atoms with E-state index in [4.69, 9.17) is 4.74 Å². The van der Waals surface area contributed by atoms with Crippen molar-refractivity contribution >= 4 is 5.91 Å². The van der Waals surface area contributed by atoms with E-state index < -0.39 is 0 Å². The molecule has 0 radical (unpaired) electrons. The number of ether oxygens (including phenoxy) is 1. The summed E-state index contributed by atoms with van der Waals surface area (Å²) in [6.07, 6.45) is 0. The molecular formula is C19H27FN4O2. The minimum absolute atomic E-state index is 0.249. The maximum Gasteiger partial charge on any atom is 0.271 e. The Balaban J connectivity index is 1.79. The number of aromatic nitrogens is 2. The van der Waals surface area contributed by atoms with Crippen molar-refractivity contribution in [1.82, 2.24) is 20.0 Å². The Morgan fingerprint density at radius 3 is 2.58 bits per heavy atom. The molecule has 2 rings (SSSR count). The molecule has 26 heavy (non-hydrogen) atoms. The summed E-state index contributed by atoms with van der Waals surface area (Å²) in [7, 11) is 1.76. The molecule has 0 saturated carbocycles. The van der Waals surface area contributed by atoms with E-state index in [1.807, 2.05) is 0 Å². The van der Waals surface area contributed by atoms with Crippen molar-refractivity contribution in [3.05, 3.63) is 41.8 Å². The summed E-state index contributed by atoms with van der Waals surface area (Å²) < 4.78 is 20.2. The third-order valence-electron chi connectivity index (χ3n) is 4.23. The van der Waals surface area contributed by atoms with Crippen LogP contribution in [0.4, 0.5) is 4.39 Å². The third kappa shape index (κ3) is 5.64. The average molecular weight is 362 g/mol. The molecule has 1 N–H and O–H groups in total. The van der Waals surface area contributed by atoms with Gasteiger partial charge in [0.2, 0.25) is 0 Å². The maximum absolute atomic E-state index is 13.0. The van der Waals surface area contributed by atoms with Crippen LogP contribution in [0.3, 0.4) is 0 Å². The first-order valence-corrected chi connectivity index (χ1v) is 8.93. The van der Waals surface area contributed by atoms with Crippen LogP contribution in [-0.4, -0.2) is 60.0 Å². The number of amides is 1. The molecule has 6 nitrogen and oxygen atoms in total. The largest absolute Gasteiger partial charge is 0.378 e. The van der Waals surface area contributed by atoms with Crippen LogP contribution in [0.2, 0.25) is 0 Å². The second-order valence-corrected chi connectivity index (χ2v) is 5.94. The van der Waals surface area contributed by atoms with Crippen LogP contribution >= 0.6 is 0 Å². The molecule has 0 bridgehead atoms. The maximum atomic E-state index is 13.0. The minimum Gasteiger partial charge on any atom is -0.378 e. The Hall–Kier alpha value is -2.25. The zero-order chi connectivity index (χ0) is 18.9. The van der Waals surface area contributed by atoms with Crippen LogP contribution in [0.1, 0.15) is 24.3 Å². The van der Waals surface area contributed by atoms with Crippen LogP contribution in [0.5, 0.6) is 0 Å². The molecule has 0 aliphatic carbocycles. The van der Waals surface area contributed by atoms with Crippen molar-refractivity contribution in [2.45, 2.75) is 13.8 Å². The lowest BCUT2D eigenvalue weighted by atomic mass is 10.1. The van der Waals surface area contributed by atoms with Gasteiger partial charge in [-0.1, -0.05) is 13.8 Å². The van der Waals surface area contributed by atoms with Crippen molar-refractivity contribution in [1.29, 1.82) is 0 Å². The molecule has 7 heteroatoms. The van der Waals surface area contributed by atoms with Gasteiger partial charge in [0.15, 0.2) is 5.69 Å². The van der Waals surface area contributed by atoms with Crippen LogP contribution in [0.15, 0.2) is 30.3 Å². The number of hydrogen-bond donors (Lipinski definition) is 1. The Kier molecular flexibility index (Phi) is 7.74. The molecular weight excluding hydrogens is 335 g/mol. The van der Waals surface area contributed by atoms with E-state index in [0.717, 1.165) is 30.9 Å². The summed E-state index contributed by atoms with van der Waals surface area (Å²) in [6, 6.07) is 7.80. The molecule has 0 spiro atoms. The molecule has 1 aromatic carbocycles. The normalized spacial score (nSPS) is 11.1. The smallest absolute Gasteiger partial charge is 0.271 e. The molecule has 1 amide bonds. The van der Waals surface area contributed by atoms with E-state index in [1.54, 1.807) is 29.9 Å². The summed E-state index contributed by atoms with van der Waals surface area (Å²) in [4.78, 5) is 14.5. The van der Waals surface area contributed by atoms with Crippen molar-refractivity contribution in [3.63, 3.8) is 0 Å². The lowest BCUT2D eigenvalue weighted by molar-refractivity contribution is 0.0880. The summed E-state index contributed by atoms with van der Waals surface area (Å²) in [5.74, 6) is -0.545. The Morgan fingerprint density at radius 2 is 1.92 bits per heavy atom. The van der Waals surface area contributed by atoms with Gasteiger partial charge in [-0.25, -0.2) is 4.39 Å². The first-order chi connectivity index (χ1) is 12.5. The molecule has 142 valence electrons. The Morgan fingerprint density at radius 1 is 1.23 bits per heavy atom. The predicted molar refractivity (Wildman–Crippen MR) is 99.5 cm³/mol. The SMILES string of the molecule is CCN(CC)CCOCCNC(=O)c1cc(-c2ccc(F)cc2)n(C)n1. The second kappa shape index (κ2) is 10.0. The fraction of sp³-hybridized carbons (Fsp3) is 0.474. The quantitative estimate of drug-likeness (QED) is 0.659. The highest BCUT2D eigenvalue weighted by atomic mass is 19.1. The van der Waals surface area contributed by atoms with Gasteiger partial charge in [0, 0.05) is 20.1 Å². The molecule has 0 atom stereocenters. The van der Waals surface area contributed by atoms with E-state index in [0.29, 0.717) is 25.5 Å². The van der Waals surface area contributed by atoms with Gasteiger partial charge in [-0.3, -0.25) is 9.48 Å². The van der Waals surface area contributed by atoms with E-state index in [-0.39, 0.29) is 11.7 Å². The average Bonchev–Trinajstić information content (AvgIpc) is 3.03. The summed E-state index contributed by atoms with van der Waals surface area (Å²) >= 11 is 0. The number of carbonyl (C=O) groups is 1. The Bertz CT molecular complexity index is 696. The van der Waals surface area contributed by atoms with E-state index in [1.165, 1.54) is 12.1 Å². The monoisotopic (exact) mass is 362 g/mol. The molecule has 1 aromatic heterocycles. The number of hydrogen-bond acceptors (Lipinski definition) is 4. The molecule has 0 saturated heterocycles. The van der Waals surface area contributed by atoms with Crippen LogP contribution in [0.25, 0.3) is 11.3 Å². The fourth-order valence-electron chi connectivity index (χ4n) is 2.63. The zero-order valence-corrected chi connectivity index (χ0v) is 15.7. The number of nitrogens with one attached hydrogen (secondary N) is 1. The summed E-state index contributed by atoms with van der Waals surface area (Å²) in [6.45, 7) is 8.69. The molecule has 0 unspecified atom stereocenters. The summed E-state index contributed by atoms with van der Waals surface area (Å²) in [5.41, 5.74) is 1.89. The highest BCUT2D eigenvalue weighted by Gasteiger charge is 2.13. The van der Waals surface area contributed by atoms with Gasteiger partial charge in [-0.2, -0.15) is 5.10 Å². The van der Waals surface area contributed by atoms with Gasteiger partial charge >= 0.3 is 0 Å². The van der Waals surface area contributed by atoms with Crippen LogP contribution in [-0.2, 0) is 11.8 Å². The molecule has 1 heterocycles.